The van der Waals surface area contributed by atoms with Crippen LogP contribution in [0.15, 0.2) is 0 Å². The second kappa shape index (κ2) is 8.81. The minimum atomic E-state index is -1.33. The topological polar surface area (TPSA) is 97.3 Å². The Morgan fingerprint density at radius 2 is 2.00 bits per heavy atom. The van der Waals surface area contributed by atoms with E-state index in [2.05, 4.69) is 5.32 Å². The monoisotopic (exact) mass is 304 g/mol. The number of rotatable bonds is 9. The molecular formula is C13H24N2O6. The summed E-state index contributed by atoms with van der Waals surface area (Å²) in [6.45, 7) is 2.10. The Morgan fingerprint density at radius 3 is 2.52 bits per heavy atom. The summed E-state index contributed by atoms with van der Waals surface area (Å²) in [4.78, 5) is 25.2. The number of methoxy groups -OCH3 is 2. The van der Waals surface area contributed by atoms with Gasteiger partial charge in [0.25, 0.3) is 0 Å². The molecule has 0 aromatic carbocycles. The van der Waals surface area contributed by atoms with Crippen molar-refractivity contribution in [1.29, 1.82) is 0 Å². The van der Waals surface area contributed by atoms with E-state index < -0.39 is 17.5 Å². The SMILES string of the molecule is COCCCN(CCOC)C(=O)NC1(C(=O)O)CCOC1. The molecule has 8 heteroatoms. The van der Waals surface area contributed by atoms with Crippen LogP contribution >= 0.6 is 0 Å². The molecule has 1 saturated heterocycles. The van der Waals surface area contributed by atoms with Crippen LogP contribution in [-0.2, 0) is 19.0 Å². The Hall–Kier alpha value is -1.38. The number of carboxylic acid groups (broad SMARTS) is 1. The first-order chi connectivity index (χ1) is 10.1. The highest BCUT2D eigenvalue weighted by atomic mass is 16.5. The molecular weight excluding hydrogens is 280 g/mol. The Morgan fingerprint density at radius 1 is 1.29 bits per heavy atom. The lowest BCUT2D eigenvalue weighted by Gasteiger charge is -2.29. The van der Waals surface area contributed by atoms with Crippen LogP contribution in [0.1, 0.15) is 12.8 Å². The molecule has 1 heterocycles. The standard InChI is InChI=1S/C13H24N2O6/c1-19-7-3-5-15(6-9-20-2)12(18)14-13(11(16)17)4-8-21-10-13/h3-10H2,1-2H3,(H,14,18)(H,16,17). The lowest BCUT2D eigenvalue weighted by atomic mass is 9.99. The number of nitrogens with one attached hydrogen (secondary N) is 1. The van der Waals surface area contributed by atoms with Crippen molar-refractivity contribution in [3.8, 4) is 0 Å². The maximum atomic E-state index is 12.3. The van der Waals surface area contributed by atoms with E-state index >= 15 is 0 Å². The largest absolute Gasteiger partial charge is 0.479 e. The van der Waals surface area contributed by atoms with Gasteiger partial charge >= 0.3 is 12.0 Å². The van der Waals surface area contributed by atoms with Gasteiger partial charge in [-0.05, 0) is 6.42 Å². The van der Waals surface area contributed by atoms with Gasteiger partial charge in [-0.2, -0.15) is 0 Å². The van der Waals surface area contributed by atoms with Crippen LogP contribution in [-0.4, -0.2) is 81.3 Å². The van der Waals surface area contributed by atoms with Crippen molar-refractivity contribution in [3.05, 3.63) is 0 Å². The molecule has 2 amide bonds. The molecule has 0 aromatic rings. The van der Waals surface area contributed by atoms with E-state index in [1.54, 1.807) is 14.2 Å². The molecule has 8 nitrogen and oxygen atoms in total. The highest BCUT2D eigenvalue weighted by molar-refractivity contribution is 5.86. The van der Waals surface area contributed by atoms with Gasteiger partial charge in [-0.15, -0.1) is 0 Å². The zero-order chi connectivity index (χ0) is 15.7. The zero-order valence-corrected chi connectivity index (χ0v) is 12.6. The summed E-state index contributed by atoms with van der Waals surface area (Å²) in [5.41, 5.74) is -1.33. The van der Waals surface area contributed by atoms with Crippen molar-refractivity contribution >= 4 is 12.0 Å². The number of ether oxygens (including phenoxy) is 3. The summed E-state index contributed by atoms with van der Waals surface area (Å²) in [6, 6.07) is -0.420. The van der Waals surface area contributed by atoms with Gasteiger partial charge in [0.15, 0.2) is 5.54 Å². The number of amides is 2. The number of hydrogen-bond acceptors (Lipinski definition) is 5. The van der Waals surface area contributed by atoms with Gasteiger partial charge in [-0.1, -0.05) is 0 Å². The molecule has 0 spiro atoms. The van der Waals surface area contributed by atoms with Gasteiger partial charge in [-0.3, -0.25) is 0 Å². The first kappa shape index (κ1) is 17.7. The third-order valence-electron chi connectivity index (χ3n) is 3.41. The van der Waals surface area contributed by atoms with Gasteiger partial charge < -0.3 is 29.5 Å². The van der Waals surface area contributed by atoms with Gasteiger partial charge in [0.05, 0.1) is 13.2 Å². The fraction of sp³-hybridized carbons (Fsp3) is 0.846. The molecule has 1 rings (SSSR count). The molecule has 0 aromatic heterocycles. The Kier molecular flexibility index (Phi) is 7.41. The lowest BCUT2D eigenvalue weighted by Crippen LogP contribution is -2.59. The van der Waals surface area contributed by atoms with Crippen LogP contribution < -0.4 is 5.32 Å². The number of carboxylic acids is 1. The molecule has 0 bridgehead atoms. The molecule has 1 fully saturated rings. The van der Waals surface area contributed by atoms with Crippen LogP contribution in [0.2, 0.25) is 0 Å². The van der Waals surface area contributed by atoms with Crippen LogP contribution in [0.25, 0.3) is 0 Å². The van der Waals surface area contributed by atoms with E-state index in [-0.39, 0.29) is 13.0 Å². The first-order valence-electron chi connectivity index (χ1n) is 6.92. The Labute approximate surface area is 124 Å². The number of nitrogens with zero attached hydrogens (tertiary/aromatic N) is 1. The average molecular weight is 304 g/mol. The third kappa shape index (κ3) is 5.14. The number of urea groups is 1. The molecule has 122 valence electrons. The minimum Gasteiger partial charge on any atom is -0.479 e. The maximum Gasteiger partial charge on any atom is 0.332 e. The first-order valence-corrected chi connectivity index (χ1v) is 6.92. The van der Waals surface area contributed by atoms with Crippen LogP contribution in [0.3, 0.4) is 0 Å². The molecule has 21 heavy (non-hydrogen) atoms. The van der Waals surface area contributed by atoms with Gasteiger partial charge in [-0.25, -0.2) is 9.59 Å². The van der Waals surface area contributed by atoms with E-state index in [1.165, 1.54) is 4.90 Å². The summed E-state index contributed by atoms with van der Waals surface area (Å²) in [5, 5.41) is 11.9. The molecule has 1 aliphatic rings. The summed E-state index contributed by atoms with van der Waals surface area (Å²) < 4.78 is 15.1. The number of hydrogen-bond donors (Lipinski definition) is 2. The molecule has 1 unspecified atom stereocenters. The molecule has 0 aliphatic carbocycles. The normalized spacial score (nSPS) is 21.2. The summed E-state index contributed by atoms with van der Waals surface area (Å²) in [5.74, 6) is -1.07. The van der Waals surface area contributed by atoms with E-state index in [9.17, 15) is 14.7 Å². The molecule has 0 radical (unpaired) electrons. The second-order valence-electron chi connectivity index (χ2n) is 4.95. The average Bonchev–Trinajstić information content (AvgIpc) is 2.92. The van der Waals surface area contributed by atoms with Crippen molar-refractivity contribution in [1.82, 2.24) is 10.2 Å². The zero-order valence-electron chi connectivity index (χ0n) is 12.6. The van der Waals surface area contributed by atoms with E-state index in [0.717, 1.165) is 0 Å². The molecule has 1 atom stereocenters. The fourth-order valence-corrected chi connectivity index (χ4v) is 2.09. The summed E-state index contributed by atoms with van der Waals surface area (Å²) >= 11 is 0. The molecule has 0 saturated carbocycles. The number of carbonyl (C=O) groups excluding carboxylic acids is 1. The summed E-state index contributed by atoms with van der Waals surface area (Å²) in [6.07, 6.45) is 0.939. The predicted molar refractivity (Wildman–Crippen MR) is 74.3 cm³/mol. The van der Waals surface area contributed by atoms with E-state index in [4.69, 9.17) is 14.2 Å². The maximum absolute atomic E-state index is 12.3. The molecule has 2 N–H and O–H groups in total. The van der Waals surface area contributed by atoms with Crippen LogP contribution in [0.5, 0.6) is 0 Å². The van der Waals surface area contributed by atoms with Crippen molar-refractivity contribution in [2.75, 3.05) is 53.7 Å². The van der Waals surface area contributed by atoms with E-state index in [0.29, 0.717) is 39.3 Å². The van der Waals surface area contributed by atoms with Gasteiger partial charge in [0.2, 0.25) is 0 Å². The Balaban J connectivity index is 2.62. The van der Waals surface area contributed by atoms with Crippen molar-refractivity contribution in [2.45, 2.75) is 18.4 Å². The number of aliphatic carboxylic acids is 1. The van der Waals surface area contributed by atoms with E-state index in [1.807, 2.05) is 0 Å². The van der Waals surface area contributed by atoms with Crippen LogP contribution in [0, 0.1) is 0 Å². The van der Waals surface area contributed by atoms with Crippen LogP contribution in [0.4, 0.5) is 4.79 Å². The smallest absolute Gasteiger partial charge is 0.332 e. The number of carbonyl (C=O) groups is 2. The highest BCUT2D eigenvalue weighted by Crippen LogP contribution is 2.19. The summed E-state index contributed by atoms with van der Waals surface area (Å²) in [7, 11) is 3.14. The molecule has 1 aliphatic heterocycles. The minimum absolute atomic E-state index is 0.00966. The fourth-order valence-electron chi connectivity index (χ4n) is 2.09. The van der Waals surface area contributed by atoms with Crippen molar-refractivity contribution < 1.29 is 28.9 Å². The second-order valence-corrected chi connectivity index (χ2v) is 4.95. The van der Waals surface area contributed by atoms with Crippen molar-refractivity contribution in [2.24, 2.45) is 0 Å². The Bertz CT molecular complexity index is 344. The lowest BCUT2D eigenvalue weighted by molar-refractivity contribution is -0.144. The van der Waals surface area contributed by atoms with Gasteiger partial charge in [0.1, 0.15) is 0 Å². The highest BCUT2D eigenvalue weighted by Gasteiger charge is 2.44. The predicted octanol–water partition coefficient (Wildman–Crippen LogP) is -0.0754. The third-order valence-corrected chi connectivity index (χ3v) is 3.41. The van der Waals surface area contributed by atoms with Crippen molar-refractivity contribution in [3.63, 3.8) is 0 Å². The van der Waals surface area contributed by atoms with Gasteiger partial charge in [0, 0.05) is 46.9 Å². The quantitative estimate of drug-likeness (QED) is 0.579.